The third-order valence-corrected chi connectivity index (χ3v) is 5.77. The molecular formula is C24H24N3OS+. The predicted molar refractivity (Wildman–Crippen MR) is 120 cm³/mol. The highest BCUT2D eigenvalue weighted by atomic mass is 32.2. The lowest BCUT2D eigenvalue weighted by molar-refractivity contribution is -0.361. The molecule has 0 radical (unpaired) electrons. The van der Waals surface area contributed by atoms with E-state index in [2.05, 4.69) is 58.8 Å². The van der Waals surface area contributed by atoms with Gasteiger partial charge in [0, 0.05) is 33.2 Å². The second-order valence-electron chi connectivity index (χ2n) is 7.16. The van der Waals surface area contributed by atoms with Crippen LogP contribution in [0.1, 0.15) is 28.4 Å². The van der Waals surface area contributed by atoms with Crippen LogP contribution in [0, 0.1) is 13.8 Å². The Morgan fingerprint density at radius 1 is 1.00 bits per heavy atom. The second-order valence-corrected chi connectivity index (χ2v) is 8.04. The average molecular weight is 403 g/mol. The number of aromatic nitrogens is 2. The molecule has 3 N–H and O–H groups in total. The van der Waals surface area contributed by atoms with E-state index in [1.807, 2.05) is 43.5 Å². The molecule has 0 aliphatic rings. The number of fused-ring (bicyclic) bond motifs is 1. The number of hydrogen-bond acceptors (Lipinski definition) is 4. The van der Waals surface area contributed by atoms with Crippen LogP contribution in [-0.4, -0.2) is 16.3 Å². The Bertz CT molecular complexity index is 1160. The van der Waals surface area contributed by atoms with Gasteiger partial charge in [-0.3, -0.25) is 5.32 Å². The maximum atomic E-state index is 11.1. The molecule has 0 aliphatic heterocycles. The topological polar surface area (TPSA) is 59.3 Å². The highest BCUT2D eigenvalue weighted by molar-refractivity contribution is 7.98. The molecule has 0 saturated heterocycles. The Labute approximate surface area is 175 Å². The average Bonchev–Trinajstić information content (AvgIpc) is 2.73. The smallest absolute Gasteiger partial charge is 0.273 e. The maximum absolute atomic E-state index is 11.1. The normalized spacial score (nSPS) is 12.1. The molecule has 4 rings (SSSR count). The number of rotatable bonds is 5. The molecule has 5 heteroatoms. The van der Waals surface area contributed by atoms with Gasteiger partial charge in [-0.25, -0.2) is 9.97 Å². The number of anilines is 1. The summed E-state index contributed by atoms with van der Waals surface area (Å²) < 4.78 is 0. The van der Waals surface area contributed by atoms with Crippen LogP contribution in [0.5, 0.6) is 5.75 Å². The Hall–Kier alpha value is -3.05. The first-order valence-corrected chi connectivity index (χ1v) is 10.8. The molecule has 29 heavy (non-hydrogen) atoms. The Balaban J connectivity index is 1.84. The summed E-state index contributed by atoms with van der Waals surface area (Å²) in [7, 11) is 0. The quantitative estimate of drug-likeness (QED) is 0.445. The van der Waals surface area contributed by atoms with Gasteiger partial charge in [-0.1, -0.05) is 24.3 Å². The van der Waals surface area contributed by atoms with E-state index < -0.39 is 0 Å². The number of phenols is 1. The number of benzene rings is 2. The van der Waals surface area contributed by atoms with Gasteiger partial charge in [0.05, 0.1) is 6.20 Å². The van der Waals surface area contributed by atoms with Crippen LogP contribution in [0.15, 0.2) is 71.8 Å². The van der Waals surface area contributed by atoms with E-state index in [0.29, 0.717) is 5.52 Å². The number of aromatic amines is 1. The number of hydrogen-bond donors (Lipinski definition) is 2. The van der Waals surface area contributed by atoms with Gasteiger partial charge in [-0.2, -0.15) is 0 Å². The van der Waals surface area contributed by atoms with Crippen LogP contribution in [0.3, 0.4) is 0 Å². The van der Waals surface area contributed by atoms with E-state index in [1.165, 1.54) is 4.90 Å². The summed E-state index contributed by atoms with van der Waals surface area (Å²) in [5.41, 5.74) is 4.53. The monoisotopic (exact) mass is 402 g/mol. The number of nitrogens with one attached hydrogen (secondary N) is 2. The van der Waals surface area contributed by atoms with Crippen molar-refractivity contribution in [3.05, 3.63) is 89.2 Å². The van der Waals surface area contributed by atoms with Crippen molar-refractivity contribution in [1.82, 2.24) is 4.98 Å². The van der Waals surface area contributed by atoms with Gasteiger partial charge < -0.3 is 5.11 Å². The van der Waals surface area contributed by atoms with Crippen molar-refractivity contribution in [1.29, 1.82) is 0 Å². The lowest BCUT2D eigenvalue weighted by Gasteiger charge is -2.18. The molecule has 1 atom stereocenters. The number of pyridine rings is 2. The summed E-state index contributed by atoms with van der Waals surface area (Å²) in [5, 5.41) is 15.6. The zero-order valence-electron chi connectivity index (χ0n) is 16.7. The molecule has 2 aromatic heterocycles. The van der Waals surface area contributed by atoms with Crippen molar-refractivity contribution < 1.29 is 10.1 Å². The van der Waals surface area contributed by atoms with E-state index in [-0.39, 0.29) is 11.8 Å². The first-order valence-electron chi connectivity index (χ1n) is 9.53. The highest BCUT2D eigenvalue weighted by Gasteiger charge is 2.24. The summed E-state index contributed by atoms with van der Waals surface area (Å²) in [5.74, 6) is 1.10. The van der Waals surface area contributed by atoms with Crippen LogP contribution in [-0.2, 0) is 0 Å². The van der Waals surface area contributed by atoms with Gasteiger partial charge in [0.1, 0.15) is 17.3 Å². The van der Waals surface area contributed by atoms with Crippen molar-refractivity contribution in [2.24, 2.45) is 0 Å². The van der Waals surface area contributed by atoms with Crippen LogP contribution in [0.4, 0.5) is 5.82 Å². The number of phenolic OH excluding ortho intramolecular Hbond substituents is 1. The summed E-state index contributed by atoms with van der Waals surface area (Å²) in [6.07, 6.45) is 3.98. The first kappa shape index (κ1) is 19.3. The molecule has 0 saturated carbocycles. The Kier molecular flexibility index (Phi) is 5.41. The number of aryl methyl sites for hydroxylation is 2. The summed E-state index contributed by atoms with van der Waals surface area (Å²) in [4.78, 5) is 9.03. The van der Waals surface area contributed by atoms with Gasteiger partial charge >= 0.3 is 0 Å². The zero-order valence-corrected chi connectivity index (χ0v) is 17.5. The van der Waals surface area contributed by atoms with Gasteiger partial charge in [-0.05, 0) is 56.0 Å². The SMILES string of the molecule is CSc1ccc([C@H](Nc2cc(C)cc[nH+]2)c2ccc3ccc(C)nc3c2O)cc1. The predicted octanol–water partition coefficient (Wildman–Crippen LogP) is 5.29. The van der Waals surface area contributed by atoms with E-state index in [9.17, 15) is 5.11 Å². The van der Waals surface area contributed by atoms with E-state index >= 15 is 0 Å². The molecule has 2 aromatic carbocycles. The van der Waals surface area contributed by atoms with Crippen LogP contribution in [0.25, 0.3) is 10.9 Å². The number of nitrogens with zero attached hydrogens (tertiary/aromatic N) is 1. The van der Waals surface area contributed by atoms with E-state index in [1.54, 1.807) is 11.8 Å². The Morgan fingerprint density at radius 2 is 1.76 bits per heavy atom. The molecule has 0 amide bonds. The van der Waals surface area contributed by atoms with Crippen LogP contribution >= 0.6 is 11.8 Å². The van der Waals surface area contributed by atoms with Crippen molar-refractivity contribution in [2.75, 3.05) is 11.6 Å². The van der Waals surface area contributed by atoms with Crippen molar-refractivity contribution >= 4 is 28.5 Å². The van der Waals surface area contributed by atoms with Gasteiger partial charge in [0.2, 0.25) is 0 Å². The minimum atomic E-state index is -0.226. The molecule has 146 valence electrons. The van der Waals surface area contributed by atoms with Crippen LogP contribution < -0.4 is 10.3 Å². The maximum Gasteiger partial charge on any atom is 0.273 e. The standard InChI is InChI=1S/C24H23N3OS/c1-15-12-13-25-21(14-15)27-22(17-6-9-19(29-3)10-7-17)20-11-8-18-5-4-16(2)26-23(18)24(20)28/h4-14,22,28H,1-3H3,(H,25,27)/p+1/t22-/m0/s1. The highest BCUT2D eigenvalue weighted by Crippen LogP contribution is 2.36. The van der Waals surface area contributed by atoms with Crippen molar-refractivity contribution in [3.63, 3.8) is 0 Å². The Morgan fingerprint density at radius 3 is 2.48 bits per heavy atom. The molecule has 0 fully saturated rings. The molecule has 0 spiro atoms. The molecule has 4 aromatic rings. The second kappa shape index (κ2) is 8.13. The molecule has 0 bridgehead atoms. The molecule has 0 aliphatic carbocycles. The molecular weight excluding hydrogens is 378 g/mol. The lowest BCUT2D eigenvalue weighted by atomic mass is 9.96. The largest absolute Gasteiger partial charge is 0.505 e. The fourth-order valence-electron chi connectivity index (χ4n) is 3.48. The van der Waals surface area contributed by atoms with Gasteiger partial charge in [0.15, 0.2) is 0 Å². The summed E-state index contributed by atoms with van der Waals surface area (Å²) >= 11 is 1.71. The molecule has 2 heterocycles. The minimum Gasteiger partial charge on any atom is -0.505 e. The fraction of sp³-hybridized carbons (Fsp3) is 0.167. The summed E-state index contributed by atoms with van der Waals surface area (Å²) in [6, 6.07) is 20.2. The molecule has 4 nitrogen and oxygen atoms in total. The molecule has 0 unspecified atom stereocenters. The first-order chi connectivity index (χ1) is 14.0. The van der Waals surface area contributed by atoms with Gasteiger partial charge in [0.25, 0.3) is 5.82 Å². The van der Waals surface area contributed by atoms with Crippen molar-refractivity contribution in [3.8, 4) is 5.75 Å². The fourth-order valence-corrected chi connectivity index (χ4v) is 3.88. The van der Waals surface area contributed by atoms with Gasteiger partial charge in [-0.15, -0.1) is 11.8 Å². The zero-order chi connectivity index (χ0) is 20.4. The number of thioether (sulfide) groups is 1. The lowest BCUT2D eigenvalue weighted by Crippen LogP contribution is -2.19. The third-order valence-electron chi connectivity index (χ3n) is 5.02. The van der Waals surface area contributed by atoms with E-state index in [0.717, 1.165) is 33.6 Å². The minimum absolute atomic E-state index is 0.213. The third kappa shape index (κ3) is 4.05. The van der Waals surface area contributed by atoms with Crippen LogP contribution in [0.2, 0.25) is 0 Å². The van der Waals surface area contributed by atoms with E-state index in [4.69, 9.17) is 0 Å². The van der Waals surface area contributed by atoms with Crippen molar-refractivity contribution in [2.45, 2.75) is 24.8 Å². The summed E-state index contributed by atoms with van der Waals surface area (Å²) in [6.45, 7) is 3.99. The number of aromatic hydroxyl groups is 1. The number of H-pyrrole nitrogens is 1.